The van der Waals surface area contributed by atoms with Crippen molar-refractivity contribution >= 4 is 29.9 Å². The fourth-order valence-electron chi connectivity index (χ4n) is 2.36. The lowest BCUT2D eigenvalue weighted by Gasteiger charge is -2.19. The van der Waals surface area contributed by atoms with Gasteiger partial charge in [-0.2, -0.15) is 0 Å². The Morgan fingerprint density at radius 1 is 1.23 bits per heavy atom. The molecular weight excluding hydrogens is 453 g/mol. The summed E-state index contributed by atoms with van der Waals surface area (Å²) in [6.45, 7) is 5.94. The molecule has 0 fully saturated rings. The maximum atomic E-state index is 13.3. The van der Waals surface area contributed by atoms with Gasteiger partial charge in [-0.1, -0.05) is 13.0 Å². The van der Waals surface area contributed by atoms with Gasteiger partial charge in [-0.05, 0) is 37.1 Å². The summed E-state index contributed by atoms with van der Waals surface area (Å²) in [5, 5.41) is 6.46. The number of nitrogens with one attached hydrogen (secondary N) is 2. The topological polar surface area (TPSA) is 48.9 Å². The lowest BCUT2D eigenvalue weighted by Crippen LogP contribution is -2.42. The Labute approximate surface area is 172 Å². The standard InChI is InChI=1S/C18H30F2N4O.HI/c1-14(15-6-7-16(19)17(20)12-15)13-23-18(21-2)22-8-10-24(3)9-5-11-25-4;/h6-7,12,14H,5,8-11,13H2,1-4H3,(H2,21,22,23);1H. The lowest BCUT2D eigenvalue weighted by atomic mass is 10.0. The second kappa shape index (κ2) is 14.1. The van der Waals surface area contributed by atoms with E-state index in [1.165, 1.54) is 6.07 Å². The number of methoxy groups -OCH3 is 1. The molecule has 150 valence electrons. The number of hydrogen-bond donors (Lipinski definition) is 2. The monoisotopic (exact) mass is 484 g/mol. The van der Waals surface area contributed by atoms with Crippen molar-refractivity contribution in [2.45, 2.75) is 19.3 Å². The fourth-order valence-corrected chi connectivity index (χ4v) is 2.36. The largest absolute Gasteiger partial charge is 0.385 e. The normalized spacial score (nSPS) is 12.7. The zero-order valence-corrected chi connectivity index (χ0v) is 18.3. The van der Waals surface area contributed by atoms with Crippen molar-refractivity contribution in [3.8, 4) is 0 Å². The van der Waals surface area contributed by atoms with Crippen LogP contribution >= 0.6 is 24.0 Å². The molecule has 5 nitrogen and oxygen atoms in total. The third-order valence-electron chi connectivity index (χ3n) is 3.99. The molecule has 0 saturated carbocycles. The van der Waals surface area contributed by atoms with Crippen LogP contribution in [0.5, 0.6) is 0 Å². The highest BCUT2D eigenvalue weighted by atomic mass is 127. The Bertz CT molecular complexity index is 546. The van der Waals surface area contributed by atoms with Gasteiger partial charge >= 0.3 is 0 Å². The molecule has 1 unspecified atom stereocenters. The van der Waals surface area contributed by atoms with Crippen molar-refractivity contribution in [3.05, 3.63) is 35.4 Å². The van der Waals surface area contributed by atoms with Crippen LogP contribution in [0.15, 0.2) is 23.2 Å². The van der Waals surface area contributed by atoms with Gasteiger partial charge in [0.25, 0.3) is 0 Å². The molecule has 1 aromatic rings. The van der Waals surface area contributed by atoms with E-state index in [4.69, 9.17) is 4.74 Å². The van der Waals surface area contributed by atoms with E-state index in [2.05, 4.69) is 27.6 Å². The van der Waals surface area contributed by atoms with Gasteiger partial charge in [0, 0.05) is 46.9 Å². The zero-order chi connectivity index (χ0) is 18.7. The maximum Gasteiger partial charge on any atom is 0.191 e. The second-order valence-electron chi connectivity index (χ2n) is 6.10. The van der Waals surface area contributed by atoms with Crippen LogP contribution in [0.1, 0.15) is 24.8 Å². The van der Waals surface area contributed by atoms with E-state index >= 15 is 0 Å². The van der Waals surface area contributed by atoms with E-state index in [0.717, 1.165) is 44.3 Å². The molecule has 0 saturated heterocycles. The van der Waals surface area contributed by atoms with Crippen LogP contribution in [0.2, 0.25) is 0 Å². The average Bonchev–Trinajstić information content (AvgIpc) is 2.60. The molecule has 0 spiro atoms. The number of aliphatic imine (C=N–C) groups is 1. The summed E-state index contributed by atoms with van der Waals surface area (Å²) in [6, 6.07) is 4.01. The molecule has 1 aromatic carbocycles. The minimum atomic E-state index is -0.823. The number of rotatable bonds is 10. The van der Waals surface area contributed by atoms with Gasteiger partial charge in [-0.25, -0.2) is 8.78 Å². The van der Waals surface area contributed by atoms with Crippen molar-refractivity contribution in [1.82, 2.24) is 15.5 Å². The van der Waals surface area contributed by atoms with E-state index in [-0.39, 0.29) is 29.9 Å². The Kier molecular flexibility index (Phi) is 13.6. The molecule has 0 heterocycles. The highest BCUT2D eigenvalue weighted by Gasteiger charge is 2.10. The van der Waals surface area contributed by atoms with Crippen molar-refractivity contribution in [1.29, 1.82) is 0 Å². The third-order valence-corrected chi connectivity index (χ3v) is 3.99. The van der Waals surface area contributed by atoms with Gasteiger partial charge in [0.05, 0.1) is 0 Å². The summed E-state index contributed by atoms with van der Waals surface area (Å²) in [5.41, 5.74) is 0.750. The van der Waals surface area contributed by atoms with Gasteiger partial charge < -0.3 is 20.3 Å². The molecule has 0 bridgehead atoms. The Balaban J connectivity index is 0.00000625. The van der Waals surface area contributed by atoms with Crippen LogP contribution in [0.4, 0.5) is 8.78 Å². The summed E-state index contributed by atoms with van der Waals surface area (Å²) in [7, 11) is 5.48. The molecule has 1 rings (SSSR count). The van der Waals surface area contributed by atoms with Gasteiger partial charge in [-0.3, -0.25) is 4.99 Å². The van der Waals surface area contributed by atoms with Gasteiger partial charge in [0.2, 0.25) is 0 Å². The molecule has 8 heteroatoms. The summed E-state index contributed by atoms with van der Waals surface area (Å²) in [5.74, 6) is -0.913. The molecule has 2 N–H and O–H groups in total. The number of halogens is 3. The molecular formula is C18H31F2IN4O. The Hall–Kier alpha value is -1.00. The molecule has 1 atom stereocenters. The van der Waals surface area contributed by atoms with Crippen molar-refractivity contribution in [2.24, 2.45) is 4.99 Å². The van der Waals surface area contributed by atoms with Crippen LogP contribution < -0.4 is 10.6 Å². The van der Waals surface area contributed by atoms with Crippen molar-refractivity contribution < 1.29 is 13.5 Å². The fraction of sp³-hybridized carbons (Fsp3) is 0.611. The van der Waals surface area contributed by atoms with E-state index in [0.29, 0.717) is 12.5 Å². The number of benzene rings is 1. The summed E-state index contributed by atoms with van der Waals surface area (Å²) >= 11 is 0. The number of nitrogens with zero attached hydrogens (tertiary/aromatic N) is 2. The minimum Gasteiger partial charge on any atom is -0.385 e. The number of guanidine groups is 1. The first-order chi connectivity index (χ1) is 12.0. The SMILES string of the molecule is CN=C(NCCN(C)CCCOC)NCC(C)c1ccc(F)c(F)c1.I. The highest BCUT2D eigenvalue weighted by Crippen LogP contribution is 2.17. The summed E-state index contributed by atoms with van der Waals surface area (Å²) in [4.78, 5) is 6.40. The third kappa shape index (κ3) is 9.63. The maximum absolute atomic E-state index is 13.3. The van der Waals surface area contributed by atoms with E-state index in [1.807, 2.05) is 6.92 Å². The summed E-state index contributed by atoms with van der Waals surface area (Å²) < 4.78 is 31.4. The molecule has 26 heavy (non-hydrogen) atoms. The molecule has 0 aliphatic rings. The molecule has 0 aliphatic carbocycles. The Morgan fingerprint density at radius 2 is 1.96 bits per heavy atom. The minimum absolute atomic E-state index is 0. The highest BCUT2D eigenvalue weighted by molar-refractivity contribution is 14.0. The van der Waals surface area contributed by atoms with E-state index in [9.17, 15) is 8.78 Å². The van der Waals surface area contributed by atoms with Crippen LogP contribution in [0.3, 0.4) is 0 Å². The molecule has 0 aliphatic heterocycles. The van der Waals surface area contributed by atoms with Crippen LogP contribution in [0.25, 0.3) is 0 Å². The van der Waals surface area contributed by atoms with Crippen LogP contribution in [-0.4, -0.2) is 64.9 Å². The molecule has 0 radical (unpaired) electrons. The van der Waals surface area contributed by atoms with Crippen LogP contribution in [-0.2, 0) is 4.74 Å². The van der Waals surface area contributed by atoms with Gasteiger partial charge in [0.1, 0.15) is 0 Å². The number of likely N-dealkylation sites (N-methyl/N-ethyl adjacent to an activating group) is 1. The number of hydrogen-bond acceptors (Lipinski definition) is 3. The lowest BCUT2D eigenvalue weighted by molar-refractivity contribution is 0.180. The number of ether oxygens (including phenoxy) is 1. The zero-order valence-electron chi connectivity index (χ0n) is 16.0. The van der Waals surface area contributed by atoms with E-state index < -0.39 is 11.6 Å². The average molecular weight is 484 g/mol. The summed E-state index contributed by atoms with van der Waals surface area (Å²) in [6.07, 6.45) is 1.01. The first-order valence-corrected chi connectivity index (χ1v) is 8.54. The molecule has 0 aromatic heterocycles. The van der Waals surface area contributed by atoms with Crippen molar-refractivity contribution in [3.63, 3.8) is 0 Å². The first-order valence-electron chi connectivity index (χ1n) is 8.54. The van der Waals surface area contributed by atoms with Crippen molar-refractivity contribution in [2.75, 3.05) is 54.0 Å². The van der Waals surface area contributed by atoms with Gasteiger partial charge in [-0.15, -0.1) is 24.0 Å². The quantitative estimate of drug-likeness (QED) is 0.232. The Morgan fingerprint density at radius 3 is 2.58 bits per heavy atom. The van der Waals surface area contributed by atoms with Crippen LogP contribution in [0, 0.1) is 11.6 Å². The first kappa shape index (κ1) is 25.0. The van der Waals surface area contributed by atoms with Gasteiger partial charge in [0.15, 0.2) is 17.6 Å². The smallest absolute Gasteiger partial charge is 0.191 e. The second-order valence-corrected chi connectivity index (χ2v) is 6.10. The predicted octanol–water partition coefficient (Wildman–Crippen LogP) is 2.82. The predicted molar refractivity (Wildman–Crippen MR) is 114 cm³/mol. The van der Waals surface area contributed by atoms with E-state index in [1.54, 1.807) is 20.2 Å². The molecule has 0 amide bonds.